The second kappa shape index (κ2) is 10.8. The van der Waals surface area contributed by atoms with Crippen LogP contribution in [0.4, 0.5) is 0 Å². The Balaban J connectivity index is 3.06. The summed E-state index contributed by atoms with van der Waals surface area (Å²) in [5.74, 6) is 0. The fourth-order valence-corrected chi connectivity index (χ4v) is 19.2. The van der Waals surface area contributed by atoms with Crippen LogP contribution < -0.4 is 0 Å². The first-order chi connectivity index (χ1) is 10.6. The summed E-state index contributed by atoms with van der Waals surface area (Å²) in [5.41, 5.74) is 1.36. The van der Waals surface area contributed by atoms with E-state index in [0.717, 1.165) is 5.02 Å². The van der Waals surface area contributed by atoms with Crippen molar-refractivity contribution in [1.82, 2.24) is 0 Å². The Morgan fingerprint density at radius 1 is 0.864 bits per heavy atom. The molecule has 2 heteroatoms. The number of halogens is 1. The molecule has 0 aromatic heterocycles. The molecule has 0 saturated carbocycles. The summed E-state index contributed by atoms with van der Waals surface area (Å²) in [6, 6.07) is 8.44. The van der Waals surface area contributed by atoms with Gasteiger partial charge in [-0.15, -0.1) is 0 Å². The first-order valence-corrected chi connectivity index (χ1v) is 16.9. The summed E-state index contributed by atoms with van der Waals surface area (Å²) < 4.78 is 5.98. The first-order valence-electron chi connectivity index (χ1n) is 9.05. The fraction of sp³-hybridized carbons (Fsp3) is 0.600. The molecule has 0 spiro atoms. The van der Waals surface area contributed by atoms with Crippen molar-refractivity contribution >= 4 is 33.6 Å². The Hall–Kier alpha value is 0.0487. The van der Waals surface area contributed by atoms with Crippen LogP contribution in [0.5, 0.6) is 0 Å². The van der Waals surface area contributed by atoms with Crippen LogP contribution in [0.25, 0.3) is 3.59 Å². The molecule has 124 valence electrons. The van der Waals surface area contributed by atoms with Gasteiger partial charge in [0.05, 0.1) is 0 Å². The Labute approximate surface area is 147 Å². The van der Waals surface area contributed by atoms with E-state index in [9.17, 15) is 0 Å². The molecule has 1 aromatic rings. The van der Waals surface area contributed by atoms with Crippen LogP contribution in [0.3, 0.4) is 0 Å². The van der Waals surface area contributed by atoms with E-state index in [-0.39, 0.29) is 0 Å². The van der Waals surface area contributed by atoms with Gasteiger partial charge in [0.15, 0.2) is 0 Å². The van der Waals surface area contributed by atoms with Gasteiger partial charge in [-0.2, -0.15) is 0 Å². The van der Waals surface area contributed by atoms with E-state index in [2.05, 4.69) is 39.5 Å². The van der Waals surface area contributed by atoms with Crippen molar-refractivity contribution in [1.29, 1.82) is 0 Å². The van der Waals surface area contributed by atoms with Gasteiger partial charge < -0.3 is 0 Å². The third-order valence-corrected chi connectivity index (χ3v) is 20.8. The zero-order chi connectivity index (χ0) is 16.4. The van der Waals surface area contributed by atoms with Crippen molar-refractivity contribution in [3.63, 3.8) is 0 Å². The van der Waals surface area contributed by atoms with Gasteiger partial charge in [-0.3, -0.25) is 0 Å². The Morgan fingerprint density at radius 3 is 1.64 bits per heavy atom. The summed E-state index contributed by atoms with van der Waals surface area (Å²) in [7, 11) is 0. The minimum atomic E-state index is -2.34. The van der Waals surface area contributed by atoms with Crippen LogP contribution in [0.1, 0.15) is 64.9 Å². The minimum absolute atomic E-state index is 0.827. The molecule has 0 aliphatic rings. The molecule has 0 amide bonds. The Morgan fingerprint density at radius 2 is 1.27 bits per heavy atom. The summed E-state index contributed by atoms with van der Waals surface area (Å²) in [4.78, 5) is 0. The third-order valence-electron chi connectivity index (χ3n) is 4.86. The summed E-state index contributed by atoms with van der Waals surface area (Å²) >= 11 is 3.72. The van der Waals surface area contributed by atoms with Crippen LogP contribution in [-0.2, 0) is 0 Å². The van der Waals surface area contributed by atoms with Crippen LogP contribution in [-0.4, -0.2) is 18.4 Å². The number of rotatable bonds is 11. The summed E-state index contributed by atoms with van der Waals surface area (Å²) in [6.45, 7) is 11.6. The van der Waals surface area contributed by atoms with Gasteiger partial charge in [-0.05, 0) is 0 Å². The van der Waals surface area contributed by atoms with Crippen LogP contribution >= 0.6 is 11.6 Å². The molecule has 0 heterocycles. The third kappa shape index (κ3) is 5.92. The zero-order valence-corrected chi connectivity index (χ0v) is 18.4. The van der Waals surface area contributed by atoms with E-state index in [0.29, 0.717) is 0 Å². The summed E-state index contributed by atoms with van der Waals surface area (Å²) in [6.07, 6.45) is 8.09. The molecular formula is C20H33ClSn. The molecule has 0 bridgehead atoms. The van der Waals surface area contributed by atoms with Crippen molar-refractivity contribution in [2.24, 2.45) is 0 Å². The van der Waals surface area contributed by atoms with Gasteiger partial charge in [0.25, 0.3) is 0 Å². The maximum atomic E-state index is 6.07. The average Bonchev–Trinajstić information content (AvgIpc) is 2.54. The second-order valence-corrected chi connectivity index (χ2v) is 20.3. The Kier molecular flexibility index (Phi) is 9.82. The molecular weight excluding hydrogens is 394 g/mol. The van der Waals surface area contributed by atoms with Gasteiger partial charge in [0.1, 0.15) is 0 Å². The van der Waals surface area contributed by atoms with Crippen LogP contribution in [0.15, 0.2) is 30.8 Å². The van der Waals surface area contributed by atoms with Crippen molar-refractivity contribution < 1.29 is 0 Å². The number of hydrogen-bond acceptors (Lipinski definition) is 0. The van der Waals surface area contributed by atoms with Gasteiger partial charge in [0.2, 0.25) is 0 Å². The summed E-state index contributed by atoms with van der Waals surface area (Å²) in [5, 5.41) is 0.827. The quantitative estimate of drug-likeness (QED) is 0.317. The molecule has 1 rings (SSSR count). The second-order valence-electron chi connectivity index (χ2n) is 6.58. The molecule has 22 heavy (non-hydrogen) atoms. The van der Waals surface area contributed by atoms with Crippen LogP contribution in [0, 0.1) is 0 Å². The molecule has 0 nitrogen and oxygen atoms in total. The normalized spacial score (nSPS) is 11.6. The first kappa shape index (κ1) is 20.1. The zero-order valence-electron chi connectivity index (χ0n) is 14.8. The molecule has 0 aliphatic carbocycles. The predicted molar refractivity (Wildman–Crippen MR) is 105 cm³/mol. The topological polar surface area (TPSA) is 0 Å². The van der Waals surface area contributed by atoms with E-state index in [4.69, 9.17) is 11.6 Å². The molecule has 0 radical (unpaired) electrons. The van der Waals surface area contributed by atoms with Crippen molar-refractivity contribution in [3.05, 3.63) is 41.4 Å². The number of benzene rings is 1. The molecule has 0 fully saturated rings. The van der Waals surface area contributed by atoms with E-state index in [1.807, 2.05) is 12.1 Å². The van der Waals surface area contributed by atoms with Crippen molar-refractivity contribution in [3.8, 4) is 0 Å². The molecule has 0 unspecified atom stereocenters. The van der Waals surface area contributed by atoms with E-state index < -0.39 is 18.4 Å². The van der Waals surface area contributed by atoms with Gasteiger partial charge in [-0.1, -0.05) is 0 Å². The molecule has 0 N–H and O–H groups in total. The van der Waals surface area contributed by atoms with Gasteiger partial charge >= 0.3 is 148 Å². The maximum absolute atomic E-state index is 6.07. The molecule has 0 atom stereocenters. The number of unbranched alkanes of at least 4 members (excludes halogenated alkanes) is 3. The monoisotopic (exact) mass is 428 g/mol. The van der Waals surface area contributed by atoms with Gasteiger partial charge in [0, 0.05) is 0 Å². The van der Waals surface area contributed by atoms with E-state index in [1.165, 1.54) is 57.4 Å². The molecule has 0 aliphatic heterocycles. The fourth-order valence-electron chi connectivity index (χ4n) is 3.33. The predicted octanol–water partition coefficient (Wildman–Crippen LogP) is 7.74. The van der Waals surface area contributed by atoms with Crippen molar-refractivity contribution in [2.45, 2.75) is 72.6 Å². The average molecular weight is 428 g/mol. The SMILES string of the molecule is C=[C](c1ccc(Cl)cc1)[Sn]([CH2]CCC)([CH2]CCC)[CH2]CCC. The Bertz CT molecular complexity index is 414. The van der Waals surface area contributed by atoms with E-state index in [1.54, 1.807) is 3.59 Å². The molecule has 1 aromatic carbocycles. The van der Waals surface area contributed by atoms with Crippen molar-refractivity contribution in [2.75, 3.05) is 0 Å². The standard InChI is InChI=1S/C8H6Cl.3C4H9.Sn/c1-2-7-3-5-8(9)6-4-7;3*1-3-4-2;/h3-6H,1H2;3*1,3-4H2,2H3;. The van der Waals surface area contributed by atoms with E-state index >= 15 is 0 Å². The van der Waals surface area contributed by atoms with Crippen LogP contribution in [0.2, 0.25) is 18.3 Å². The number of hydrogen-bond donors (Lipinski definition) is 0. The van der Waals surface area contributed by atoms with Gasteiger partial charge in [-0.25, -0.2) is 0 Å². The molecule has 0 saturated heterocycles.